The lowest BCUT2D eigenvalue weighted by molar-refractivity contribution is 0.102. The number of anilines is 1. The van der Waals surface area contributed by atoms with Crippen molar-refractivity contribution in [3.05, 3.63) is 59.6 Å². The van der Waals surface area contributed by atoms with Gasteiger partial charge in [0.25, 0.3) is 5.91 Å². The number of furan rings is 1. The minimum absolute atomic E-state index is 0.0752. The number of aromatic nitrogens is 1. The second-order valence-corrected chi connectivity index (χ2v) is 4.32. The fourth-order valence-corrected chi connectivity index (χ4v) is 1.99. The zero-order valence-electron chi connectivity index (χ0n) is 9.76. The molecular formula is C14H9ClN2O2. The van der Waals surface area contributed by atoms with E-state index in [2.05, 4.69) is 10.3 Å². The average Bonchev–Trinajstić information content (AvgIpc) is 2.85. The smallest absolute Gasteiger partial charge is 0.260 e. The molecule has 3 rings (SSSR count). The SMILES string of the molecule is O=C(Nc1cnc2ccccc2c1)c1ccoc1Cl. The van der Waals surface area contributed by atoms with Gasteiger partial charge < -0.3 is 9.73 Å². The van der Waals surface area contributed by atoms with E-state index >= 15 is 0 Å². The van der Waals surface area contributed by atoms with Gasteiger partial charge in [-0.15, -0.1) is 0 Å². The van der Waals surface area contributed by atoms with E-state index in [1.165, 1.54) is 12.3 Å². The van der Waals surface area contributed by atoms with E-state index in [-0.39, 0.29) is 11.1 Å². The maximum absolute atomic E-state index is 11.9. The lowest BCUT2D eigenvalue weighted by Gasteiger charge is -2.04. The van der Waals surface area contributed by atoms with E-state index in [0.29, 0.717) is 11.3 Å². The number of amides is 1. The van der Waals surface area contributed by atoms with E-state index in [4.69, 9.17) is 16.0 Å². The van der Waals surface area contributed by atoms with Gasteiger partial charge in [-0.05, 0) is 29.8 Å². The van der Waals surface area contributed by atoms with Crippen LogP contribution in [0.15, 0.2) is 53.3 Å². The van der Waals surface area contributed by atoms with Crippen molar-refractivity contribution in [2.24, 2.45) is 0 Å². The van der Waals surface area contributed by atoms with Crippen LogP contribution in [0.25, 0.3) is 10.9 Å². The number of hydrogen-bond acceptors (Lipinski definition) is 3. The molecule has 1 N–H and O–H groups in total. The van der Waals surface area contributed by atoms with Gasteiger partial charge in [0.2, 0.25) is 5.22 Å². The van der Waals surface area contributed by atoms with Gasteiger partial charge in [-0.3, -0.25) is 9.78 Å². The predicted molar refractivity (Wildman–Crippen MR) is 73.4 cm³/mol. The molecule has 0 aliphatic rings. The minimum Gasteiger partial charge on any atom is -0.452 e. The third-order valence-corrected chi connectivity index (χ3v) is 3.00. The lowest BCUT2D eigenvalue weighted by Crippen LogP contribution is -2.11. The molecule has 1 aromatic carbocycles. The van der Waals surface area contributed by atoms with Crippen molar-refractivity contribution in [2.45, 2.75) is 0 Å². The Morgan fingerprint density at radius 2 is 2.11 bits per heavy atom. The van der Waals surface area contributed by atoms with E-state index in [0.717, 1.165) is 10.9 Å². The van der Waals surface area contributed by atoms with Crippen molar-refractivity contribution in [1.29, 1.82) is 0 Å². The molecule has 0 aliphatic carbocycles. The Hall–Kier alpha value is -2.33. The molecule has 0 radical (unpaired) electrons. The van der Waals surface area contributed by atoms with E-state index in [1.807, 2.05) is 30.3 Å². The molecule has 0 spiro atoms. The first-order chi connectivity index (χ1) is 9.24. The molecule has 19 heavy (non-hydrogen) atoms. The molecule has 3 aromatic rings. The van der Waals surface area contributed by atoms with Gasteiger partial charge in [-0.1, -0.05) is 18.2 Å². The van der Waals surface area contributed by atoms with Crippen molar-refractivity contribution in [3.8, 4) is 0 Å². The quantitative estimate of drug-likeness (QED) is 0.773. The molecule has 2 aromatic heterocycles. The number of nitrogens with zero attached hydrogens (tertiary/aromatic N) is 1. The molecule has 94 valence electrons. The number of hydrogen-bond donors (Lipinski definition) is 1. The fourth-order valence-electron chi connectivity index (χ4n) is 1.79. The van der Waals surface area contributed by atoms with E-state index in [9.17, 15) is 4.79 Å². The standard InChI is InChI=1S/C14H9ClN2O2/c15-13-11(5-6-19-13)14(18)17-10-7-9-3-1-2-4-12(9)16-8-10/h1-8H,(H,17,18). The third kappa shape index (κ3) is 2.30. The van der Waals surface area contributed by atoms with Crippen LogP contribution >= 0.6 is 11.6 Å². The Labute approximate surface area is 114 Å². The Morgan fingerprint density at radius 3 is 2.89 bits per heavy atom. The van der Waals surface area contributed by atoms with Crippen LogP contribution in [0, 0.1) is 0 Å². The molecule has 0 unspecified atom stereocenters. The number of pyridine rings is 1. The molecule has 5 heteroatoms. The number of rotatable bonds is 2. The van der Waals surface area contributed by atoms with Crippen LogP contribution < -0.4 is 5.32 Å². The minimum atomic E-state index is -0.323. The zero-order valence-corrected chi connectivity index (χ0v) is 10.5. The Kier molecular flexibility index (Phi) is 2.93. The summed E-state index contributed by atoms with van der Waals surface area (Å²) in [5, 5.41) is 3.76. The molecule has 0 bridgehead atoms. The number of carbonyl (C=O) groups is 1. The Bertz CT molecular complexity index is 752. The number of halogens is 1. The van der Waals surface area contributed by atoms with Crippen molar-refractivity contribution in [3.63, 3.8) is 0 Å². The zero-order chi connectivity index (χ0) is 13.2. The van der Waals surface area contributed by atoms with Crippen molar-refractivity contribution in [1.82, 2.24) is 4.98 Å². The Balaban J connectivity index is 1.89. The number of carbonyl (C=O) groups excluding carboxylic acids is 1. The summed E-state index contributed by atoms with van der Waals surface area (Å²) >= 11 is 5.75. The summed E-state index contributed by atoms with van der Waals surface area (Å²) in [5.41, 5.74) is 1.79. The second kappa shape index (κ2) is 4.74. The third-order valence-electron chi connectivity index (χ3n) is 2.71. The summed E-state index contributed by atoms with van der Waals surface area (Å²) in [7, 11) is 0. The summed E-state index contributed by atoms with van der Waals surface area (Å²) in [6.45, 7) is 0. The summed E-state index contributed by atoms with van der Waals surface area (Å²) in [6, 6.07) is 11.1. The highest BCUT2D eigenvalue weighted by atomic mass is 35.5. The summed E-state index contributed by atoms with van der Waals surface area (Å²) in [6.07, 6.45) is 2.98. The van der Waals surface area contributed by atoms with Crippen LogP contribution in [0.2, 0.25) is 5.22 Å². The number of benzene rings is 1. The molecule has 1 amide bonds. The van der Waals surface area contributed by atoms with Gasteiger partial charge in [0.1, 0.15) is 0 Å². The molecule has 0 saturated carbocycles. The Morgan fingerprint density at radius 1 is 1.26 bits per heavy atom. The number of nitrogens with one attached hydrogen (secondary N) is 1. The molecule has 0 fully saturated rings. The lowest BCUT2D eigenvalue weighted by atomic mass is 10.2. The number of para-hydroxylation sites is 1. The van der Waals surface area contributed by atoms with E-state index < -0.39 is 0 Å². The first-order valence-electron chi connectivity index (χ1n) is 5.63. The number of fused-ring (bicyclic) bond motifs is 1. The highest BCUT2D eigenvalue weighted by Gasteiger charge is 2.13. The maximum atomic E-state index is 11.9. The highest BCUT2D eigenvalue weighted by molar-refractivity contribution is 6.32. The predicted octanol–water partition coefficient (Wildman–Crippen LogP) is 3.73. The largest absolute Gasteiger partial charge is 0.452 e. The maximum Gasteiger partial charge on any atom is 0.260 e. The van der Waals surface area contributed by atoms with Crippen molar-refractivity contribution >= 4 is 34.1 Å². The summed E-state index contributed by atoms with van der Waals surface area (Å²) in [4.78, 5) is 16.2. The molecular weight excluding hydrogens is 264 g/mol. The monoisotopic (exact) mass is 272 g/mol. The van der Waals surface area contributed by atoms with Crippen LogP contribution in [0.4, 0.5) is 5.69 Å². The van der Waals surface area contributed by atoms with Gasteiger partial charge in [-0.25, -0.2) is 0 Å². The first-order valence-corrected chi connectivity index (χ1v) is 6.01. The van der Waals surface area contributed by atoms with Gasteiger partial charge in [0, 0.05) is 5.39 Å². The summed E-state index contributed by atoms with van der Waals surface area (Å²) < 4.78 is 4.88. The van der Waals surface area contributed by atoms with Crippen molar-refractivity contribution < 1.29 is 9.21 Å². The second-order valence-electron chi connectivity index (χ2n) is 3.98. The highest BCUT2D eigenvalue weighted by Crippen LogP contribution is 2.20. The van der Waals surface area contributed by atoms with Crippen molar-refractivity contribution in [2.75, 3.05) is 5.32 Å². The van der Waals surface area contributed by atoms with Crippen LogP contribution in [0.3, 0.4) is 0 Å². The van der Waals surface area contributed by atoms with Gasteiger partial charge in [-0.2, -0.15) is 0 Å². The molecule has 0 aliphatic heterocycles. The molecule has 0 atom stereocenters. The molecule has 4 nitrogen and oxygen atoms in total. The normalized spacial score (nSPS) is 10.6. The molecule has 2 heterocycles. The van der Waals surface area contributed by atoms with Crippen LogP contribution in [-0.4, -0.2) is 10.9 Å². The van der Waals surface area contributed by atoms with Gasteiger partial charge >= 0.3 is 0 Å². The summed E-state index contributed by atoms with van der Waals surface area (Å²) in [5.74, 6) is -0.323. The van der Waals surface area contributed by atoms with Gasteiger partial charge in [0.05, 0.1) is 29.2 Å². The van der Waals surface area contributed by atoms with Crippen LogP contribution in [-0.2, 0) is 0 Å². The first kappa shape index (κ1) is 11.7. The fraction of sp³-hybridized carbons (Fsp3) is 0. The molecule has 0 saturated heterocycles. The average molecular weight is 273 g/mol. The topological polar surface area (TPSA) is 55.1 Å². The van der Waals surface area contributed by atoms with Gasteiger partial charge in [0.15, 0.2) is 0 Å². The van der Waals surface area contributed by atoms with Crippen LogP contribution in [0.1, 0.15) is 10.4 Å². The van der Waals surface area contributed by atoms with E-state index in [1.54, 1.807) is 6.20 Å². The van der Waals surface area contributed by atoms with Crippen LogP contribution in [0.5, 0.6) is 0 Å².